The monoisotopic (exact) mass is 156 g/mol. The van der Waals surface area contributed by atoms with Crippen LogP contribution < -0.4 is 5.73 Å². The lowest BCUT2D eigenvalue weighted by atomic mass is 10.2. The van der Waals surface area contributed by atoms with E-state index in [-0.39, 0.29) is 0 Å². The highest BCUT2D eigenvalue weighted by molar-refractivity contribution is 4.90. The molecule has 0 amide bonds. The molecule has 2 N–H and O–H groups in total. The van der Waals surface area contributed by atoms with Gasteiger partial charge in [-0.1, -0.05) is 12.2 Å². The van der Waals surface area contributed by atoms with Crippen LogP contribution in [0.5, 0.6) is 0 Å². The molecule has 0 aliphatic heterocycles. The van der Waals surface area contributed by atoms with Crippen LogP contribution in [0.3, 0.4) is 0 Å². The van der Waals surface area contributed by atoms with Gasteiger partial charge in [-0.3, -0.25) is 0 Å². The molecular weight excluding hydrogens is 136 g/mol. The molecule has 66 valence electrons. The van der Waals surface area contributed by atoms with E-state index in [0.29, 0.717) is 6.04 Å². The van der Waals surface area contributed by atoms with Crippen LogP contribution in [0.1, 0.15) is 20.3 Å². The zero-order valence-corrected chi connectivity index (χ0v) is 7.93. The van der Waals surface area contributed by atoms with Crippen molar-refractivity contribution in [2.24, 2.45) is 5.73 Å². The number of nitrogens with zero attached hydrogens (tertiary/aromatic N) is 1. The predicted molar refractivity (Wildman–Crippen MR) is 50.6 cm³/mol. The zero-order chi connectivity index (χ0) is 8.85. The molecule has 0 spiro atoms. The van der Waals surface area contributed by atoms with Crippen LogP contribution in [0.2, 0.25) is 0 Å². The third-order valence-electron chi connectivity index (χ3n) is 1.51. The highest BCUT2D eigenvalue weighted by Crippen LogP contribution is 1.95. The molecular formula is C9H20N2. The number of hydrogen-bond acceptors (Lipinski definition) is 2. The molecule has 0 aromatic carbocycles. The van der Waals surface area contributed by atoms with Gasteiger partial charge in [-0.15, -0.1) is 0 Å². The molecule has 0 heterocycles. The molecule has 0 aromatic rings. The smallest absolute Gasteiger partial charge is 0.0184 e. The van der Waals surface area contributed by atoms with Crippen molar-refractivity contribution in [2.75, 3.05) is 20.1 Å². The summed E-state index contributed by atoms with van der Waals surface area (Å²) in [7, 11) is 2.09. The van der Waals surface area contributed by atoms with E-state index in [4.69, 9.17) is 5.73 Å². The van der Waals surface area contributed by atoms with E-state index >= 15 is 0 Å². The number of rotatable bonds is 5. The van der Waals surface area contributed by atoms with E-state index in [2.05, 4.69) is 18.5 Å². The molecule has 0 fully saturated rings. The van der Waals surface area contributed by atoms with Crippen molar-refractivity contribution in [2.45, 2.75) is 26.3 Å². The van der Waals surface area contributed by atoms with E-state index in [0.717, 1.165) is 19.5 Å². The summed E-state index contributed by atoms with van der Waals surface area (Å²) in [6, 6.07) is 0.308. The molecule has 0 aromatic heterocycles. The van der Waals surface area contributed by atoms with E-state index in [1.165, 1.54) is 5.57 Å². The minimum absolute atomic E-state index is 0.308. The molecule has 11 heavy (non-hydrogen) atoms. The minimum Gasteiger partial charge on any atom is -0.328 e. The lowest BCUT2D eigenvalue weighted by Gasteiger charge is -2.17. The van der Waals surface area contributed by atoms with Crippen molar-refractivity contribution >= 4 is 0 Å². The Morgan fingerprint density at radius 1 is 1.64 bits per heavy atom. The molecule has 0 aliphatic rings. The maximum atomic E-state index is 5.62. The first-order valence-corrected chi connectivity index (χ1v) is 4.11. The Kier molecular flexibility index (Phi) is 5.16. The van der Waals surface area contributed by atoms with E-state index in [1.807, 2.05) is 13.8 Å². The van der Waals surface area contributed by atoms with E-state index in [1.54, 1.807) is 0 Å². The first-order chi connectivity index (χ1) is 5.02. The molecule has 2 nitrogen and oxygen atoms in total. The van der Waals surface area contributed by atoms with Gasteiger partial charge in [0.2, 0.25) is 0 Å². The van der Waals surface area contributed by atoms with Gasteiger partial charge in [0.1, 0.15) is 0 Å². The summed E-state index contributed by atoms with van der Waals surface area (Å²) in [6.45, 7) is 9.97. The van der Waals surface area contributed by atoms with Crippen LogP contribution in [0, 0.1) is 0 Å². The van der Waals surface area contributed by atoms with Gasteiger partial charge < -0.3 is 10.6 Å². The summed E-state index contributed by atoms with van der Waals surface area (Å²) in [4.78, 5) is 2.24. The zero-order valence-electron chi connectivity index (χ0n) is 7.93. The third-order valence-corrected chi connectivity index (χ3v) is 1.51. The molecule has 0 aliphatic carbocycles. The second-order valence-electron chi connectivity index (χ2n) is 3.46. The Labute approximate surface area is 70.1 Å². The fourth-order valence-electron chi connectivity index (χ4n) is 0.964. The Hall–Kier alpha value is -0.340. The maximum Gasteiger partial charge on any atom is 0.0184 e. The number of nitrogens with two attached hydrogens (primary N) is 1. The van der Waals surface area contributed by atoms with Gasteiger partial charge in [0.15, 0.2) is 0 Å². The molecule has 1 unspecified atom stereocenters. The molecule has 0 saturated carbocycles. The Morgan fingerprint density at radius 2 is 2.18 bits per heavy atom. The summed E-state index contributed by atoms with van der Waals surface area (Å²) in [6.07, 6.45) is 1.06. The van der Waals surface area contributed by atoms with Crippen LogP contribution in [-0.4, -0.2) is 31.1 Å². The van der Waals surface area contributed by atoms with Gasteiger partial charge in [0.05, 0.1) is 0 Å². The quantitative estimate of drug-likeness (QED) is 0.607. The molecule has 0 bridgehead atoms. The standard InChI is InChI=1S/C9H20N2/c1-8(2)7-11(4)6-5-9(3)10/h9H,1,5-7,10H2,2-4H3. The summed E-state index contributed by atoms with van der Waals surface area (Å²) < 4.78 is 0. The van der Waals surface area contributed by atoms with Gasteiger partial charge >= 0.3 is 0 Å². The van der Waals surface area contributed by atoms with Gasteiger partial charge in [0, 0.05) is 12.6 Å². The molecule has 0 saturated heterocycles. The number of likely N-dealkylation sites (N-methyl/N-ethyl adjacent to an activating group) is 1. The Bertz CT molecular complexity index is 119. The highest BCUT2D eigenvalue weighted by Gasteiger charge is 1.99. The van der Waals surface area contributed by atoms with Crippen LogP contribution in [0.4, 0.5) is 0 Å². The minimum atomic E-state index is 0.308. The van der Waals surface area contributed by atoms with Crippen molar-refractivity contribution < 1.29 is 0 Å². The van der Waals surface area contributed by atoms with Gasteiger partial charge in [0.25, 0.3) is 0 Å². The van der Waals surface area contributed by atoms with Crippen LogP contribution in [0.15, 0.2) is 12.2 Å². The highest BCUT2D eigenvalue weighted by atomic mass is 15.1. The Balaban J connectivity index is 3.37. The topological polar surface area (TPSA) is 29.3 Å². The molecule has 2 heteroatoms. The first kappa shape index (κ1) is 10.7. The molecule has 0 radical (unpaired) electrons. The molecule has 1 atom stereocenters. The van der Waals surface area contributed by atoms with E-state index in [9.17, 15) is 0 Å². The largest absolute Gasteiger partial charge is 0.328 e. The van der Waals surface area contributed by atoms with Crippen molar-refractivity contribution in [1.82, 2.24) is 4.90 Å². The van der Waals surface area contributed by atoms with Crippen molar-refractivity contribution in [3.05, 3.63) is 12.2 Å². The average Bonchev–Trinajstić information content (AvgIpc) is 1.82. The van der Waals surface area contributed by atoms with Crippen LogP contribution in [0.25, 0.3) is 0 Å². The van der Waals surface area contributed by atoms with E-state index < -0.39 is 0 Å². The van der Waals surface area contributed by atoms with Crippen molar-refractivity contribution in [3.8, 4) is 0 Å². The predicted octanol–water partition coefficient (Wildman–Crippen LogP) is 1.23. The lowest BCUT2D eigenvalue weighted by molar-refractivity contribution is 0.346. The summed E-state index contributed by atoms with van der Waals surface area (Å²) >= 11 is 0. The second-order valence-corrected chi connectivity index (χ2v) is 3.46. The fourth-order valence-corrected chi connectivity index (χ4v) is 0.964. The number of hydrogen-bond donors (Lipinski definition) is 1. The summed E-state index contributed by atoms with van der Waals surface area (Å²) in [5.74, 6) is 0. The Morgan fingerprint density at radius 3 is 2.55 bits per heavy atom. The van der Waals surface area contributed by atoms with Crippen molar-refractivity contribution in [1.29, 1.82) is 0 Å². The van der Waals surface area contributed by atoms with Gasteiger partial charge in [-0.05, 0) is 33.9 Å². The third kappa shape index (κ3) is 7.56. The van der Waals surface area contributed by atoms with Crippen molar-refractivity contribution in [3.63, 3.8) is 0 Å². The normalized spacial score (nSPS) is 13.5. The fraction of sp³-hybridized carbons (Fsp3) is 0.778. The summed E-state index contributed by atoms with van der Waals surface area (Å²) in [5, 5.41) is 0. The average molecular weight is 156 g/mol. The summed E-state index contributed by atoms with van der Waals surface area (Å²) in [5.41, 5.74) is 6.83. The maximum absolute atomic E-state index is 5.62. The van der Waals surface area contributed by atoms with Gasteiger partial charge in [-0.2, -0.15) is 0 Å². The van der Waals surface area contributed by atoms with Crippen LogP contribution >= 0.6 is 0 Å². The van der Waals surface area contributed by atoms with Gasteiger partial charge in [-0.25, -0.2) is 0 Å². The lowest BCUT2D eigenvalue weighted by Crippen LogP contribution is -2.27. The molecule has 0 rings (SSSR count). The second kappa shape index (κ2) is 5.33. The van der Waals surface area contributed by atoms with Crippen LogP contribution in [-0.2, 0) is 0 Å². The first-order valence-electron chi connectivity index (χ1n) is 4.11. The SMILES string of the molecule is C=C(C)CN(C)CCC(C)N.